The van der Waals surface area contributed by atoms with Crippen LogP contribution in [0.1, 0.15) is 5.56 Å². The van der Waals surface area contributed by atoms with Gasteiger partial charge in [0.2, 0.25) is 0 Å². The summed E-state index contributed by atoms with van der Waals surface area (Å²) < 4.78 is 30.0. The predicted octanol–water partition coefficient (Wildman–Crippen LogP) is 5.27. The van der Waals surface area contributed by atoms with E-state index in [1.807, 2.05) is 47.3 Å². The van der Waals surface area contributed by atoms with Gasteiger partial charge in [-0.25, -0.2) is 13.5 Å². The third kappa shape index (κ3) is 4.79. The number of rotatable bonds is 6. The van der Waals surface area contributed by atoms with Crippen LogP contribution in [0.4, 0.5) is 8.78 Å². The zero-order valence-electron chi connectivity index (χ0n) is 19.3. The minimum atomic E-state index is -0.256. The maximum atomic E-state index is 14.9. The number of hydrogen-bond acceptors (Lipinski definition) is 3. The van der Waals surface area contributed by atoms with Crippen molar-refractivity contribution in [2.45, 2.75) is 6.42 Å². The van der Waals surface area contributed by atoms with Gasteiger partial charge < -0.3 is 9.80 Å². The number of halogens is 2. The van der Waals surface area contributed by atoms with Crippen molar-refractivity contribution >= 4 is 0 Å². The Morgan fingerprint density at radius 1 is 0.794 bits per heavy atom. The summed E-state index contributed by atoms with van der Waals surface area (Å²) in [6.07, 6.45) is 2.67. The lowest BCUT2D eigenvalue weighted by molar-refractivity contribution is 0.155. The molecule has 2 heterocycles. The topological polar surface area (TPSA) is 24.3 Å². The van der Waals surface area contributed by atoms with E-state index in [1.165, 1.54) is 18.2 Å². The van der Waals surface area contributed by atoms with E-state index in [1.54, 1.807) is 18.2 Å². The van der Waals surface area contributed by atoms with Gasteiger partial charge in [-0.15, -0.1) is 0 Å². The van der Waals surface area contributed by atoms with Crippen LogP contribution in [0.3, 0.4) is 0 Å². The van der Waals surface area contributed by atoms with Gasteiger partial charge in [0.05, 0.1) is 17.6 Å². The molecular formula is C28H28F2N4. The Hall–Kier alpha value is -3.35. The third-order valence-electron chi connectivity index (χ3n) is 6.56. The highest BCUT2D eigenvalue weighted by atomic mass is 19.1. The number of aromatic nitrogens is 2. The van der Waals surface area contributed by atoms with Crippen LogP contribution in [-0.4, -0.2) is 59.4 Å². The molecule has 1 aliphatic heterocycles. The van der Waals surface area contributed by atoms with Crippen molar-refractivity contribution in [3.8, 4) is 28.1 Å². The molecule has 1 aromatic heterocycles. The molecule has 0 radical (unpaired) electrons. The maximum Gasteiger partial charge on any atom is 0.132 e. The number of piperazine rings is 1. The number of likely N-dealkylation sites (N-methyl/N-ethyl adjacent to an activating group) is 1. The van der Waals surface area contributed by atoms with Crippen LogP contribution < -0.4 is 0 Å². The fraction of sp³-hybridized carbons (Fsp3) is 0.250. The van der Waals surface area contributed by atoms with Crippen LogP contribution in [0.5, 0.6) is 0 Å². The maximum absolute atomic E-state index is 14.9. The predicted molar refractivity (Wildman–Crippen MR) is 132 cm³/mol. The summed E-state index contributed by atoms with van der Waals surface area (Å²) >= 11 is 0. The van der Waals surface area contributed by atoms with Gasteiger partial charge in [-0.2, -0.15) is 5.10 Å². The van der Waals surface area contributed by atoms with E-state index in [9.17, 15) is 8.78 Å². The molecule has 0 spiro atoms. The number of benzene rings is 3. The van der Waals surface area contributed by atoms with Crippen molar-refractivity contribution in [2.24, 2.45) is 0 Å². The summed E-state index contributed by atoms with van der Waals surface area (Å²) in [4.78, 5) is 4.80. The van der Waals surface area contributed by atoms with Crippen LogP contribution in [-0.2, 0) is 6.42 Å². The van der Waals surface area contributed by atoms with E-state index in [0.717, 1.165) is 67.2 Å². The molecule has 6 heteroatoms. The van der Waals surface area contributed by atoms with Gasteiger partial charge in [-0.05, 0) is 66.6 Å². The van der Waals surface area contributed by atoms with Crippen molar-refractivity contribution in [1.82, 2.24) is 19.6 Å². The normalized spacial score (nSPS) is 15.0. The molecule has 1 aliphatic rings. The minimum absolute atomic E-state index is 0.254. The average molecular weight is 459 g/mol. The smallest absolute Gasteiger partial charge is 0.132 e. The molecule has 0 bridgehead atoms. The van der Waals surface area contributed by atoms with Gasteiger partial charge in [0, 0.05) is 38.3 Å². The zero-order chi connectivity index (χ0) is 23.5. The van der Waals surface area contributed by atoms with Crippen molar-refractivity contribution in [3.63, 3.8) is 0 Å². The minimum Gasteiger partial charge on any atom is -0.304 e. The molecule has 5 rings (SSSR count). The van der Waals surface area contributed by atoms with Crippen LogP contribution >= 0.6 is 0 Å². The summed E-state index contributed by atoms with van der Waals surface area (Å²) in [6.45, 7) is 5.15. The lowest BCUT2D eigenvalue weighted by Crippen LogP contribution is -2.45. The van der Waals surface area contributed by atoms with E-state index < -0.39 is 0 Å². The fourth-order valence-electron chi connectivity index (χ4n) is 4.49. The standard InChI is InChI=1S/C28H28F2N4/c1-32-16-18-33(19-17-32)15-14-23-20-31-34(28(23)26-4-2-3-5-27(26)30)25-12-8-22(9-13-25)21-6-10-24(29)11-7-21/h2-13,20H,14-19H2,1H3. The molecule has 0 atom stereocenters. The second-order valence-electron chi connectivity index (χ2n) is 8.86. The molecular weight excluding hydrogens is 430 g/mol. The molecule has 174 valence electrons. The lowest BCUT2D eigenvalue weighted by Gasteiger charge is -2.32. The number of nitrogens with zero attached hydrogens (tertiary/aromatic N) is 4. The third-order valence-corrected chi connectivity index (χ3v) is 6.56. The highest BCUT2D eigenvalue weighted by Crippen LogP contribution is 2.30. The molecule has 0 N–H and O–H groups in total. The largest absolute Gasteiger partial charge is 0.304 e. The molecule has 1 saturated heterocycles. The van der Waals surface area contributed by atoms with E-state index in [4.69, 9.17) is 0 Å². The number of hydrogen-bond donors (Lipinski definition) is 0. The van der Waals surface area contributed by atoms with Crippen LogP contribution in [0.25, 0.3) is 28.1 Å². The highest BCUT2D eigenvalue weighted by Gasteiger charge is 2.19. The summed E-state index contributed by atoms with van der Waals surface area (Å²) in [5.74, 6) is -0.511. The molecule has 0 amide bonds. The Bertz CT molecular complexity index is 1240. The Labute approximate surface area is 199 Å². The quantitative estimate of drug-likeness (QED) is 0.393. The van der Waals surface area contributed by atoms with E-state index >= 15 is 0 Å². The van der Waals surface area contributed by atoms with Crippen molar-refractivity contribution in [1.29, 1.82) is 0 Å². The van der Waals surface area contributed by atoms with Crippen LogP contribution in [0.15, 0.2) is 79.0 Å². The monoisotopic (exact) mass is 458 g/mol. The van der Waals surface area contributed by atoms with Crippen LogP contribution in [0.2, 0.25) is 0 Å². The average Bonchev–Trinajstić information content (AvgIpc) is 3.28. The van der Waals surface area contributed by atoms with Gasteiger partial charge in [0.15, 0.2) is 0 Å². The Morgan fingerprint density at radius 2 is 1.44 bits per heavy atom. The first-order chi connectivity index (χ1) is 16.6. The summed E-state index contributed by atoms with van der Waals surface area (Å²) in [5.41, 5.74) is 5.16. The van der Waals surface area contributed by atoms with E-state index in [0.29, 0.717) is 5.56 Å². The van der Waals surface area contributed by atoms with Gasteiger partial charge >= 0.3 is 0 Å². The van der Waals surface area contributed by atoms with Crippen LogP contribution in [0, 0.1) is 11.6 Å². The fourth-order valence-corrected chi connectivity index (χ4v) is 4.49. The van der Waals surface area contributed by atoms with Crippen molar-refractivity contribution in [3.05, 3.63) is 96.2 Å². The molecule has 3 aromatic carbocycles. The first-order valence-electron chi connectivity index (χ1n) is 11.7. The van der Waals surface area contributed by atoms with E-state index in [2.05, 4.69) is 21.9 Å². The molecule has 0 unspecified atom stereocenters. The van der Waals surface area contributed by atoms with E-state index in [-0.39, 0.29) is 11.6 Å². The van der Waals surface area contributed by atoms with Gasteiger partial charge in [-0.1, -0.05) is 36.4 Å². The summed E-state index contributed by atoms with van der Waals surface area (Å²) in [5, 5.41) is 4.67. The Balaban J connectivity index is 1.46. The molecule has 1 fully saturated rings. The molecule has 0 aliphatic carbocycles. The molecule has 4 nitrogen and oxygen atoms in total. The highest BCUT2D eigenvalue weighted by molar-refractivity contribution is 5.68. The molecule has 0 saturated carbocycles. The lowest BCUT2D eigenvalue weighted by atomic mass is 10.0. The van der Waals surface area contributed by atoms with Crippen molar-refractivity contribution < 1.29 is 8.78 Å². The second kappa shape index (κ2) is 9.87. The molecule has 4 aromatic rings. The first-order valence-corrected chi connectivity index (χ1v) is 11.7. The summed E-state index contributed by atoms with van der Waals surface area (Å²) in [7, 11) is 2.15. The second-order valence-corrected chi connectivity index (χ2v) is 8.86. The van der Waals surface area contributed by atoms with Crippen molar-refractivity contribution in [2.75, 3.05) is 39.8 Å². The first kappa shape index (κ1) is 22.4. The van der Waals surface area contributed by atoms with Gasteiger partial charge in [0.1, 0.15) is 11.6 Å². The summed E-state index contributed by atoms with van der Waals surface area (Å²) in [6, 6.07) is 21.2. The zero-order valence-corrected chi connectivity index (χ0v) is 19.3. The molecule has 34 heavy (non-hydrogen) atoms. The SMILES string of the molecule is CN1CCN(CCc2cnn(-c3ccc(-c4ccc(F)cc4)cc3)c2-c2ccccc2F)CC1. The Kier molecular flexibility index (Phi) is 6.52. The van der Waals surface area contributed by atoms with Gasteiger partial charge in [-0.3, -0.25) is 0 Å². The van der Waals surface area contributed by atoms with Gasteiger partial charge in [0.25, 0.3) is 0 Å². The Morgan fingerprint density at radius 3 is 2.12 bits per heavy atom.